The summed E-state index contributed by atoms with van der Waals surface area (Å²) in [5, 5.41) is -1.10. The Morgan fingerprint density at radius 1 is 0.511 bits per heavy atom. The van der Waals surface area contributed by atoms with E-state index in [0.29, 0.717) is 5.39 Å². The molecule has 0 saturated heterocycles. The predicted molar refractivity (Wildman–Crippen MR) is 183 cm³/mol. The molecule has 210 valence electrons. The lowest BCUT2D eigenvalue weighted by molar-refractivity contribution is 0.666. The van der Waals surface area contributed by atoms with Gasteiger partial charge in [-0.1, -0.05) is 103 Å². The molecule has 10 rings (SSSR count). The van der Waals surface area contributed by atoms with E-state index < -0.39 is 155 Å². The van der Waals surface area contributed by atoms with Crippen LogP contribution < -0.4 is 0 Å². The molecule has 0 spiro atoms. The molecule has 0 aliphatic rings. The standard InChI is InChI=1S/C40H24N4O/c1-7-19-31-25(13-1)26-14-2-8-20-32(26)43(31)35-23-11-5-17-29(35)37-39-38(30-18-6-12-24-36(30)45-39)42-40(41-37)44-33-21-9-3-15-27(33)28-16-4-10-22-34(28)44/h1-24H/i1D,2D,3D,4D,5D,7D,8D,9D,10D,11D,13D,14D,15D,16D,17D,19D,20D,21D,22D,23D. The first-order chi connectivity index (χ1) is 30.6. The number of aromatic nitrogens is 4. The van der Waals surface area contributed by atoms with Crippen LogP contribution in [0.15, 0.2) is 150 Å². The van der Waals surface area contributed by atoms with Crippen molar-refractivity contribution in [1.29, 1.82) is 0 Å². The average molecular weight is 597 g/mol. The fourth-order valence-electron chi connectivity index (χ4n) is 5.76. The molecule has 0 N–H and O–H groups in total. The summed E-state index contributed by atoms with van der Waals surface area (Å²) in [7, 11) is 0. The summed E-state index contributed by atoms with van der Waals surface area (Å²) in [6, 6.07) is -8.62. The van der Waals surface area contributed by atoms with Crippen LogP contribution in [0, 0.1) is 0 Å². The van der Waals surface area contributed by atoms with E-state index in [-0.39, 0.29) is 49.3 Å². The highest BCUT2D eigenvalue weighted by Crippen LogP contribution is 2.40. The SMILES string of the molecule is [2H]c1c([2H])c([2H])c(-n2c3c([2H])c([2H])c([2H])c([2H])c3c3c([2H])c([2H])c([2H])c([2H])c32)c(-c2nc(-n3c4c([2H])c([2H])c([2H])c([2H])c4c4c([2H])c([2H])c([2H])c([2H])c43)nc3c2oc2ccccc23)c1[2H]. The molecule has 4 aromatic heterocycles. The molecule has 0 aliphatic carbocycles. The van der Waals surface area contributed by atoms with Crippen molar-refractivity contribution in [2.75, 3.05) is 0 Å². The normalized spacial score (nSPS) is 18.2. The number of para-hydroxylation sites is 6. The Kier molecular flexibility index (Phi) is 2.45. The van der Waals surface area contributed by atoms with E-state index in [1.807, 2.05) is 0 Å². The molecule has 0 aliphatic heterocycles. The molecular weight excluding hydrogens is 552 g/mol. The minimum Gasteiger partial charge on any atom is -0.452 e. The third-order valence-electron chi connectivity index (χ3n) is 7.60. The third-order valence-corrected chi connectivity index (χ3v) is 7.60. The van der Waals surface area contributed by atoms with E-state index in [2.05, 4.69) is 0 Å². The molecule has 0 bridgehead atoms. The largest absolute Gasteiger partial charge is 0.452 e. The third kappa shape index (κ3) is 3.38. The van der Waals surface area contributed by atoms with Gasteiger partial charge in [0.05, 0.1) is 55.2 Å². The maximum absolute atomic E-state index is 9.50. The number of hydrogen-bond donors (Lipinski definition) is 0. The molecule has 0 saturated carbocycles. The number of hydrogen-bond acceptors (Lipinski definition) is 3. The Hall–Kier alpha value is -6.20. The average Bonchev–Trinajstić information content (AvgIpc) is 3.98. The zero-order valence-corrected chi connectivity index (χ0v) is 22.5. The van der Waals surface area contributed by atoms with Crippen molar-refractivity contribution in [2.24, 2.45) is 0 Å². The Morgan fingerprint density at radius 2 is 1.02 bits per heavy atom. The highest BCUT2D eigenvalue weighted by Gasteiger charge is 2.23. The van der Waals surface area contributed by atoms with Crippen molar-refractivity contribution < 1.29 is 31.8 Å². The fraction of sp³-hybridized carbons (Fsp3) is 0. The van der Waals surface area contributed by atoms with Crippen molar-refractivity contribution in [2.45, 2.75) is 0 Å². The van der Waals surface area contributed by atoms with Crippen molar-refractivity contribution >= 4 is 65.7 Å². The fourth-order valence-corrected chi connectivity index (χ4v) is 5.76. The van der Waals surface area contributed by atoms with Gasteiger partial charge >= 0.3 is 0 Å². The number of furan rings is 1. The van der Waals surface area contributed by atoms with Crippen LogP contribution in [0.3, 0.4) is 0 Å². The van der Waals surface area contributed by atoms with Gasteiger partial charge in [-0.05, 0) is 42.3 Å². The summed E-state index contributed by atoms with van der Waals surface area (Å²) in [5.74, 6) is -0.529. The van der Waals surface area contributed by atoms with Crippen LogP contribution in [0.1, 0.15) is 27.4 Å². The molecular formula is C40H24N4O. The van der Waals surface area contributed by atoms with Crippen molar-refractivity contribution in [3.05, 3.63) is 145 Å². The van der Waals surface area contributed by atoms with Crippen molar-refractivity contribution in [3.8, 4) is 22.9 Å². The lowest BCUT2D eigenvalue weighted by Gasteiger charge is -2.15. The zero-order chi connectivity index (χ0) is 46.9. The van der Waals surface area contributed by atoms with Gasteiger partial charge in [0.1, 0.15) is 16.8 Å². The van der Waals surface area contributed by atoms with Gasteiger partial charge in [0.2, 0.25) is 5.95 Å². The zero-order valence-electron chi connectivity index (χ0n) is 42.5. The number of benzene rings is 6. The second-order valence-electron chi connectivity index (χ2n) is 9.94. The number of nitrogens with zero attached hydrogens (tertiary/aromatic N) is 4. The lowest BCUT2D eigenvalue weighted by Crippen LogP contribution is -2.04. The van der Waals surface area contributed by atoms with Gasteiger partial charge in [0.15, 0.2) is 5.58 Å². The lowest BCUT2D eigenvalue weighted by atomic mass is 10.1. The van der Waals surface area contributed by atoms with Crippen LogP contribution in [-0.4, -0.2) is 19.1 Å². The maximum atomic E-state index is 9.50. The quantitative estimate of drug-likeness (QED) is 0.204. The van der Waals surface area contributed by atoms with E-state index in [9.17, 15) is 2.74 Å². The van der Waals surface area contributed by atoms with Gasteiger partial charge in [-0.25, -0.2) is 9.97 Å². The predicted octanol–water partition coefficient (Wildman–Crippen LogP) is 10.2. The summed E-state index contributed by atoms with van der Waals surface area (Å²) >= 11 is 0. The molecule has 0 fully saturated rings. The van der Waals surface area contributed by atoms with Crippen molar-refractivity contribution in [1.82, 2.24) is 19.1 Å². The van der Waals surface area contributed by atoms with Crippen LogP contribution in [0.2, 0.25) is 0 Å². The molecule has 10 aromatic rings. The van der Waals surface area contributed by atoms with Gasteiger partial charge in [-0.2, -0.15) is 0 Å². The summed E-state index contributed by atoms with van der Waals surface area (Å²) in [4.78, 5) is 9.56. The van der Waals surface area contributed by atoms with E-state index in [0.717, 1.165) is 9.13 Å². The number of rotatable bonds is 3. The van der Waals surface area contributed by atoms with E-state index in [1.165, 1.54) is 0 Å². The summed E-state index contributed by atoms with van der Waals surface area (Å²) < 4.78 is 186. The minimum atomic E-state index is -0.866. The first-order valence-electron chi connectivity index (χ1n) is 23.5. The van der Waals surface area contributed by atoms with Gasteiger partial charge in [-0.3, -0.25) is 4.57 Å². The topological polar surface area (TPSA) is 48.8 Å². The van der Waals surface area contributed by atoms with Crippen molar-refractivity contribution in [3.63, 3.8) is 0 Å². The van der Waals surface area contributed by atoms with E-state index >= 15 is 0 Å². The van der Waals surface area contributed by atoms with Crippen LogP contribution >= 0.6 is 0 Å². The highest BCUT2D eigenvalue weighted by molar-refractivity contribution is 6.12. The Bertz CT molecular complexity index is 3760. The minimum absolute atomic E-state index is 0.0540. The molecule has 4 heterocycles. The van der Waals surface area contributed by atoms with Gasteiger partial charge in [-0.15, -0.1) is 0 Å². The second-order valence-corrected chi connectivity index (χ2v) is 9.94. The van der Waals surface area contributed by atoms with E-state index in [4.69, 9.17) is 39.1 Å². The van der Waals surface area contributed by atoms with Gasteiger partial charge < -0.3 is 8.98 Å². The molecule has 0 amide bonds. The molecule has 6 aromatic carbocycles. The first-order valence-corrected chi connectivity index (χ1v) is 13.5. The van der Waals surface area contributed by atoms with Gasteiger partial charge in [0, 0.05) is 32.5 Å². The first kappa shape index (κ1) is 12.1. The van der Waals surface area contributed by atoms with Crippen LogP contribution in [-0.2, 0) is 0 Å². The molecule has 0 atom stereocenters. The number of fused-ring (bicyclic) bond motifs is 9. The Balaban J connectivity index is 1.50. The molecule has 5 nitrogen and oxygen atoms in total. The van der Waals surface area contributed by atoms with Gasteiger partial charge in [0.25, 0.3) is 0 Å². The second kappa shape index (κ2) is 9.15. The van der Waals surface area contributed by atoms with Crippen LogP contribution in [0.5, 0.6) is 0 Å². The molecule has 0 radical (unpaired) electrons. The van der Waals surface area contributed by atoms with E-state index in [1.54, 1.807) is 24.3 Å². The Morgan fingerprint density at radius 3 is 1.64 bits per heavy atom. The summed E-state index contributed by atoms with van der Waals surface area (Å²) in [6.07, 6.45) is 0. The highest BCUT2D eigenvalue weighted by atomic mass is 16.3. The summed E-state index contributed by atoms with van der Waals surface area (Å²) in [5.41, 5.74) is -3.45. The molecule has 0 unspecified atom stereocenters. The maximum Gasteiger partial charge on any atom is 0.236 e. The smallest absolute Gasteiger partial charge is 0.236 e. The summed E-state index contributed by atoms with van der Waals surface area (Å²) in [6.45, 7) is 0. The molecule has 45 heavy (non-hydrogen) atoms. The van der Waals surface area contributed by atoms with Crippen LogP contribution in [0.4, 0.5) is 0 Å². The van der Waals surface area contributed by atoms with Crippen LogP contribution in [0.25, 0.3) is 88.6 Å². The molecule has 5 heteroatoms. The monoisotopic (exact) mass is 596 g/mol. The Labute approximate surface area is 285 Å².